The average Bonchev–Trinajstić information content (AvgIpc) is 2.68. The minimum Gasteiger partial charge on any atom is -0.322 e. The van der Waals surface area contributed by atoms with E-state index in [1.54, 1.807) is 12.1 Å². The number of carbonyl (C=O) groups excluding carboxylic acids is 1. The summed E-state index contributed by atoms with van der Waals surface area (Å²) in [4.78, 5) is 12.3. The van der Waals surface area contributed by atoms with Gasteiger partial charge < -0.3 is 5.32 Å². The Hall–Kier alpha value is -2.39. The molecule has 0 atom stereocenters. The van der Waals surface area contributed by atoms with Crippen LogP contribution in [0.4, 0.5) is 18.9 Å². The molecule has 156 valence electrons. The van der Waals surface area contributed by atoms with Gasteiger partial charge in [-0.2, -0.15) is 13.2 Å². The third kappa shape index (κ3) is 5.57. The molecule has 9 heteroatoms. The molecule has 0 spiro atoms. The van der Waals surface area contributed by atoms with Crippen molar-refractivity contribution in [2.24, 2.45) is 0 Å². The highest BCUT2D eigenvalue weighted by molar-refractivity contribution is 7.88. The van der Waals surface area contributed by atoms with Crippen LogP contribution in [-0.4, -0.2) is 31.7 Å². The molecular formula is C20H21F3N2O3S. The molecule has 0 unspecified atom stereocenters. The number of sulfonamides is 1. The van der Waals surface area contributed by atoms with Crippen LogP contribution in [0.25, 0.3) is 0 Å². The summed E-state index contributed by atoms with van der Waals surface area (Å²) in [6, 6.07) is 10.4. The third-order valence-corrected chi connectivity index (χ3v) is 6.57. The first kappa shape index (κ1) is 21.3. The first-order valence-corrected chi connectivity index (χ1v) is 10.8. The molecule has 1 N–H and O–H groups in total. The number of hydrogen-bond acceptors (Lipinski definition) is 3. The van der Waals surface area contributed by atoms with Crippen molar-refractivity contribution in [2.75, 3.05) is 18.4 Å². The van der Waals surface area contributed by atoms with Crippen LogP contribution >= 0.6 is 0 Å². The molecule has 0 saturated carbocycles. The Morgan fingerprint density at radius 2 is 1.66 bits per heavy atom. The van der Waals surface area contributed by atoms with Crippen LogP contribution in [0, 0.1) is 0 Å². The maximum atomic E-state index is 12.8. The van der Waals surface area contributed by atoms with Crippen LogP contribution in [0.15, 0.2) is 48.5 Å². The molecule has 2 aromatic carbocycles. The second-order valence-corrected chi connectivity index (χ2v) is 8.91. The summed E-state index contributed by atoms with van der Waals surface area (Å²) in [5, 5.41) is 2.42. The molecule has 0 radical (unpaired) electrons. The van der Waals surface area contributed by atoms with E-state index in [-0.39, 0.29) is 17.0 Å². The molecular weight excluding hydrogens is 405 g/mol. The van der Waals surface area contributed by atoms with Gasteiger partial charge in [0.1, 0.15) is 0 Å². The zero-order valence-corrected chi connectivity index (χ0v) is 16.4. The second-order valence-electron chi connectivity index (χ2n) is 6.95. The molecule has 2 aromatic rings. The number of carbonyl (C=O) groups is 1. The molecule has 1 heterocycles. The first-order chi connectivity index (χ1) is 13.6. The van der Waals surface area contributed by atoms with Gasteiger partial charge in [0.05, 0.1) is 11.3 Å². The van der Waals surface area contributed by atoms with Crippen LogP contribution in [0.5, 0.6) is 0 Å². The van der Waals surface area contributed by atoms with Gasteiger partial charge in [-0.1, -0.05) is 24.6 Å². The minimum absolute atomic E-state index is 0.0292. The van der Waals surface area contributed by atoms with Gasteiger partial charge in [0.15, 0.2) is 0 Å². The summed E-state index contributed by atoms with van der Waals surface area (Å²) in [6.07, 6.45) is -1.76. The zero-order chi connectivity index (χ0) is 21.1. The highest BCUT2D eigenvalue weighted by Crippen LogP contribution is 2.30. The van der Waals surface area contributed by atoms with Gasteiger partial charge in [-0.3, -0.25) is 4.79 Å². The number of benzene rings is 2. The van der Waals surface area contributed by atoms with E-state index < -0.39 is 27.7 Å². The minimum atomic E-state index is -4.50. The average molecular weight is 426 g/mol. The monoisotopic (exact) mass is 426 g/mol. The van der Waals surface area contributed by atoms with E-state index in [1.807, 2.05) is 0 Å². The number of alkyl halides is 3. The van der Waals surface area contributed by atoms with Gasteiger partial charge in [-0.15, -0.1) is 0 Å². The SMILES string of the molecule is O=C(Nc1cccc(C(F)(F)F)c1)c1ccc(CS(=O)(=O)N2CCCCC2)cc1. The Kier molecular flexibility index (Phi) is 6.28. The third-order valence-electron chi connectivity index (χ3n) is 4.72. The zero-order valence-electron chi connectivity index (χ0n) is 15.6. The number of anilines is 1. The van der Waals surface area contributed by atoms with Crippen molar-refractivity contribution < 1.29 is 26.4 Å². The van der Waals surface area contributed by atoms with Gasteiger partial charge in [0, 0.05) is 24.3 Å². The summed E-state index contributed by atoms with van der Waals surface area (Å²) >= 11 is 0. The second kappa shape index (κ2) is 8.54. The van der Waals surface area contributed by atoms with E-state index in [0.717, 1.165) is 31.4 Å². The van der Waals surface area contributed by atoms with E-state index in [4.69, 9.17) is 0 Å². The van der Waals surface area contributed by atoms with Crippen LogP contribution in [-0.2, 0) is 22.0 Å². The fourth-order valence-electron chi connectivity index (χ4n) is 3.17. The fraction of sp³-hybridized carbons (Fsp3) is 0.350. The number of piperidine rings is 1. The summed E-state index contributed by atoms with van der Waals surface area (Å²) in [6.45, 7) is 1.06. The van der Waals surface area contributed by atoms with Crippen molar-refractivity contribution in [2.45, 2.75) is 31.2 Å². The van der Waals surface area contributed by atoms with Crippen molar-refractivity contribution in [3.05, 3.63) is 65.2 Å². The molecule has 0 aliphatic carbocycles. The summed E-state index contributed by atoms with van der Waals surface area (Å²) < 4.78 is 64.8. The standard InChI is InChI=1S/C20H21F3N2O3S/c21-20(22,23)17-5-4-6-18(13-17)24-19(26)16-9-7-15(8-10-16)14-29(27,28)25-11-2-1-3-12-25/h4-10,13H,1-3,11-12,14H2,(H,24,26). The molecule has 1 aliphatic rings. The van der Waals surface area contributed by atoms with Gasteiger partial charge in [0.25, 0.3) is 5.91 Å². The van der Waals surface area contributed by atoms with E-state index >= 15 is 0 Å². The van der Waals surface area contributed by atoms with E-state index in [1.165, 1.54) is 28.6 Å². The van der Waals surface area contributed by atoms with Crippen molar-refractivity contribution >= 4 is 21.6 Å². The maximum absolute atomic E-state index is 12.8. The van der Waals surface area contributed by atoms with Gasteiger partial charge in [-0.05, 0) is 48.7 Å². The number of rotatable bonds is 5. The van der Waals surface area contributed by atoms with E-state index in [0.29, 0.717) is 18.7 Å². The molecule has 5 nitrogen and oxygen atoms in total. The van der Waals surface area contributed by atoms with Crippen LogP contribution in [0.3, 0.4) is 0 Å². The van der Waals surface area contributed by atoms with Crippen LogP contribution in [0.1, 0.15) is 40.7 Å². The lowest BCUT2D eigenvalue weighted by atomic mass is 10.1. The summed E-state index contributed by atoms with van der Waals surface area (Å²) in [7, 11) is -3.41. The number of hydrogen-bond donors (Lipinski definition) is 1. The smallest absolute Gasteiger partial charge is 0.322 e. The lowest BCUT2D eigenvalue weighted by Gasteiger charge is -2.25. The Balaban J connectivity index is 1.66. The van der Waals surface area contributed by atoms with E-state index in [9.17, 15) is 26.4 Å². The fourth-order valence-corrected chi connectivity index (χ4v) is 4.78. The lowest BCUT2D eigenvalue weighted by molar-refractivity contribution is -0.137. The van der Waals surface area contributed by atoms with Crippen molar-refractivity contribution in [1.82, 2.24) is 4.31 Å². The van der Waals surface area contributed by atoms with Crippen molar-refractivity contribution in [3.63, 3.8) is 0 Å². The highest BCUT2D eigenvalue weighted by atomic mass is 32.2. The van der Waals surface area contributed by atoms with Crippen LogP contribution < -0.4 is 5.32 Å². The summed E-state index contributed by atoms with van der Waals surface area (Å²) in [5.74, 6) is -0.725. The van der Waals surface area contributed by atoms with Gasteiger partial charge in [-0.25, -0.2) is 12.7 Å². The number of amides is 1. The summed E-state index contributed by atoms with van der Waals surface area (Å²) in [5.41, 5.74) is -0.0529. The molecule has 29 heavy (non-hydrogen) atoms. The topological polar surface area (TPSA) is 66.5 Å². The lowest BCUT2D eigenvalue weighted by Crippen LogP contribution is -2.36. The van der Waals surface area contributed by atoms with Crippen LogP contribution in [0.2, 0.25) is 0 Å². The first-order valence-electron chi connectivity index (χ1n) is 9.20. The Labute approximate surface area is 167 Å². The molecule has 3 rings (SSSR count). The Morgan fingerprint density at radius 3 is 2.28 bits per heavy atom. The molecule has 1 amide bonds. The Bertz CT molecular complexity index is 967. The molecule has 0 bridgehead atoms. The molecule has 0 aromatic heterocycles. The largest absolute Gasteiger partial charge is 0.416 e. The predicted octanol–water partition coefficient (Wildman–Crippen LogP) is 4.27. The Morgan fingerprint density at radius 1 is 1.00 bits per heavy atom. The van der Waals surface area contributed by atoms with E-state index in [2.05, 4.69) is 5.32 Å². The van der Waals surface area contributed by atoms with Crippen molar-refractivity contribution in [3.8, 4) is 0 Å². The molecule has 1 aliphatic heterocycles. The highest BCUT2D eigenvalue weighted by Gasteiger charge is 2.30. The predicted molar refractivity (Wildman–Crippen MR) is 104 cm³/mol. The number of nitrogens with zero attached hydrogens (tertiary/aromatic N) is 1. The van der Waals surface area contributed by atoms with Gasteiger partial charge in [0.2, 0.25) is 10.0 Å². The molecule has 1 fully saturated rings. The quantitative estimate of drug-likeness (QED) is 0.776. The normalized spacial score (nSPS) is 15.8. The van der Waals surface area contributed by atoms with Gasteiger partial charge >= 0.3 is 6.18 Å². The van der Waals surface area contributed by atoms with Crippen molar-refractivity contribution in [1.29, 1.82) is 0 Å². The maximum Gasteiger partial charge on any atom is 0.416 e. The number of nitrogens with one attached hydrogen (secondary N) is 1. The number of halogens is 3. The molecule has 1 saturated heterocycles.